The van der Waals surface area contributed by atoms with Crippen molar-refractivity contribution in [3.05, 3.63) is 64.1 Å². The van der Waals surface area contributed by atoms with Gasteiger partial charge in [-0.2, -0.15) is 0 Å². The van der Waals surface area contributed by atoms with E-state index in [-0.39, 0.29) is 24.0 Å². The summed E-state index contributed by atoms with van der Waals surface area (Å²) in [6.07, 6.45) is 4.66. The zero-order chi connectivity index (χ0) is 26.1. The average Bonchev–Trinajstić information content (AvgIpc) is 2.91. The number of hydrogen-bond donors (Lipinski definition) is 1. The van der Waals surface area contributed by atoms with E-state index in [1.54, 1.807) is 16.0 Å². The Morgan fingerprint density at radius 1 is 1.24 bits per heavy atom. The van der Waals surface area contributed by atoms with E-state index >= 15 is 0 Å². The van der Waals surface area contributed by atoms with Crippen LogP contribution >= 0.6 is 11.6 Å². The molecule has 1 aliphatic carbocycles. The second-order valence-electron chi connectivity index (χ2n) is 9.91. The minimum absolute atomic E-state index is 0.0786. The molecule has 2 amide bonds. The molecule has 1 aromatic carbocycles. The van der Waals surface area contributed by atoms with Gasteiger partial charge >= 0.3 is 6.09 Å². The van der Waals surface area contributed by atoms with Crippen molar-refractivity contribution in [1.82, 2.24) is 19.8 Å². The third-order valence-corrected chi connectivity index (χ3v) is 7.80. The summed E-state index contributed by atoms with van der Waals surface area (Å²) in [7, 11) is 0. The van der Waals surface area contributed by atoms with Crippen LogP contribution in [-0.4, -0.2) is 64.1 Å². The Kier molecular flexibility index (Phi) is 7.20. The minimum Gasteiger partial charge on any atom is -0.449 e. The zero-order valence-electron chi connectivity index (χ0n) is 21.2. The number of rotatable bonds is 4. The first-order valence-electron chi connectivity index (χ1n) is 12.9. The molecule has 2 unspecified atom stereocenters. The van der Waals surface area contributed by atoms with Crippen LogP contribution in [0.25, 0.3) is 10.9 Å². The summed E-state index contributed by atoms with van der Waals surface area (Å²) < 4.78 is 5.28. The normalized spacial score (nSPS) is 19.5. The molecule has 37 heavy (non-hydrogen) atoms. The Morgan fingerprint density at radius 3 is 2.84 bits per heavy atom. The molecule has 2 atom stereocenters. The van der Waals surface area contributed by atoms with Crippen molar-refractivity contribution in [1.29, 1.82) is 0 Å². The number of nitrogens with zero attached hydrogens (tertiary/aromatic N) is 4. The van der Waals surface area contributed by atoms with Crippen LogP contribution in [0.2, 0.25) is 5.02 Å². The van der Waals surface area contributed by atoms with Crippen LogP contribution in [0, 0.1) is 0 Å². The predicted molar refractivity (Wildman–Crippen MR) is 144 cm³/mol. The van der Waals surface area contributed by atoms with Crippen LogP contribution in [-0.2, 0) is 17.6 Å². The highest BCUT2D eigenvalue weighted by Gasteiger charge is 2.32. The number of hydrogen-bond acceptors (Lipinski definition) is 6. The number of carbonyl (C=O) groups excluding carboxylic acids is 2. The van der Waals surface area contributed by atoms with Gasteiger partial charge in [0.25, 0.3) is 5.91 Å². The van der Waals surface area contributed by atoms with Crippen LogP contribution in [0.15, 0.2) is 36.5 Å². The lowest BCUT2D eigenvalue weighted by molar-refractivity contribution is 0.0412. The molecule has 2 aliphatic rings. The molecule has 5 rings (SSSR count). The predicted octanol–water partition coefficient (Wildman–Crippen LogP) is 4.83. The van der Waals surface area contributed by atoms with Crippen molar-refractivity contribution in [2.45, 2.75) is 51.5 Å². The quantitative estimate of drug-likeness (QED) is 0.527. The first-order chi connectivity index (χ1) is 17.9. The number of carbonyl (C=O) groups is 2. The fourth-order valence-corrected chi connectivity index (χ4v) is 5.76. The van der Waals surface area contributed by atoms with Gasteiger partial charge in [0, 0.05) is 54.4 Å². The smallest absolute Gasteiger partial charge is 0.410 e. The molecule has 1 fully saturated rings. The van der Waals surface area contributed by atoms with E-state index in [9.17, 15) is 9.59 Å². The SMILES string of the molecule is CCCOC(=O)N1CCN(C(=O)c2ccc3c(Cl)c4c(nc3c2)CC(c2ncccc2N)CC4)CC1C. The topological polar surface area (TPSA) is 102 Å². The van der Waals surface area contributed by atoms with Gasteiger partial charge in [0.1, 0.15) is 0 Å². The third-order valence-electron chi connectivity index (χ3n) is 7.37. The molecule has 2 N–H and O–H groups in total. The first-order valence-corrected chi connectivity index (χ1v) is 13.3. The Hall–Kier alpha value is -3.39. The van der Waals surface area contributed by atoms with Crippen LogP contribution < -0.4 is 5.73 Å². The van der Waals surface area contributed by atoms with Crippen molar-refractivity contribution in [3.8, 4) is 0 Å². The number of halogens is 1. The summed E-state index contributed by atoms with van der Waals surface area (Å²) in [5.74, 6) is 0.103. The van der Waals surface area contributed by atoms with Gasteiger partial charge in [-0.1, -0.05) is 24.6 Å². The number of anilines is 1. The molecule has 3 aromatic rings. The lowest BCUT2D eigenvalue weighted by Gasteiger charge is -2.39. The van der Waals surface area contributed by atoms with Gasteiger partial charge in [-0.15, -0.1) is 0 Å². The molecule has 1 saturated heterocycles. The van der Waals surface area contributed by atoms with Crippen LogP contribution in [0.3, 0.4) is 0 Å². The summed E-state index contributed by atoms with van der Waals surface area (Å²) >= 11 is 6.84. The van der Waals surface area contributed by atoms with Crippen molar-refractivity contribution in [3.63, 3.8) is 0 Å². The average molecular weight is 522 g/mol. The number of amides is 2. The number of piperazine rings is 1. The van der Waals surface area contributed by atoms with E-state index < -0.39 is 0 Å². The van der Waals surface area contributed by atoms with E-state index in [1.807, 2.05) is 44.2 Å². The number of nitrogens with two attached hydrogens (primary N) is 1. The molecule has 0 saturated carbocycles. The highest BCUT2D eigenvalue weighted by atomic mass is 35.5. The maximum absolute atomic E-state index is 13.4. The van der Waals surface area contributed by atoms with Gasteiger partial charge < -0.3 is 20.3 Å². The number of fused-ring (bicyclic) bond motifs is 2. The van der Waals surface area contributed by atoms with Crippen LogP contribution in [0.4, 0.5) is 10.5 Å². The molecule has 194 valence electrons. The van der Waals surface area contributed by atoms with Gasteiger partial charge in [0.2, 0.25) is 0 Å². The van der Waals surface area contributed by atoms with Gasteiger partial charge in [-0.25, -0.2) is 4.79 Å². The Labute approximate surface area is 221 Å². The lowest BCUT2D eigenvalue weighted by Crippen LogP contribution is -2.55. The fraction of sp³-hybridized carbons (Fsp3) is 0.429. The number of benzene rings is 1. The van der Waals surface area contributed by atoms with Crippen LogP contribution in [0.5, 0.6) is 0 Å². The van der Waals surface area contributed by atoms with Crippen molar-refractivity contribution in [2.24, 2.45) is 0 Å². The number of ether oxygens (including phenoxy) is 1. The number of nitrogen functional groups attached to an aromatic ring is 1. The maximum Gasteiger partial charge on any atom is 0.410 e. The van der Waals surface area contributed by atoms with E-state index in [4.69, 9.17) is 27.1 Å². The summed E-state index contributed by atoms with van der Waals surface area (Å²) in [4.78, 5) is 38.7. The lowest BCUT2D eigenvalue weighted by atomic mass is 9.83. The van der Waals surface area contributed by atoms with E-state index in [0.717, 1.165) is 41.6 Å². The molecular formula is C28H32ClN5O3. The van der Waals surface area contributed by atoms with E-state index in [2.05, 4.69) is 4.98 Å². The molecule has 0 radical (unpaired) electrons. The first kappa shape index (κ1) is 25.3. The van der Waals surface area contributed by atoms with E-state index in [1.165, 1.54) is 0 Å². The molecule has 0 spiro atoms. The number of pyridine rings is 2. The second kappa shape index (κ2) is 10.5. The van der Waals surface area contributed by atoms with Crippen molar-refractivity contribution in [2.75, 3.05) is 32.0 Å². The highest BCUT2D eigenvalue weighted by molar-refractivity contribution is 6.36. The Balaban J connectivity index is 1.36. The summed E-state index contributed by atoms with van der Waals surface area (Å²) in [5, 5.41) is 1.56. The van der Waals surface area contributed by atoms with Gasteiger partial charge in [-0.05, 0) is 62.4 Å². The van der Waals surface area contributed by atoms with Gasteiger partial charge in [0.15, 0.2) is 0 Å². The van der Waals surface area contributed by atoms with E-state index in [0.29, 0.717) is 54.5 Å². The standard InChI is InChI=1S/C28H32ClN5O3/c1-3-13-37-28(36)34-12-11-33(16-17(34)2)27(35)19-7-9-21-24(15-19)32-23-14-18(6-8-20(23)25(21)29)26-22(30)5-4-10-31-26/h4-5,7,9-10,15,17-18H,3,6,8,11-14,16,30H2,1-2H3. The highest BCUT2D eigenvalue weighted by Crippen LogP contribution is 2.39. The van der Waals surface area contributed by atoms with Crippen molar-refractivity contribution < 1.29 is 14.3 Å². The minimum atomic E-state index is -0.318. The number of aromatic nitrogens is 2. The molecule has 2 aromatic heterocycles. The Bertz CT molecular complexity index is 1350. The Morgan fingerprint density at radius 2 is 2.08 bits per heavy atom. The maximum atomic E-state index is 13.4. The fourth-order valence-electron chi connectivity index (χ4n) is 5.39. The summed E-state index contributed by atoms with van der Waals surface area (Å²) in [6, 6.07) is 9.13. The van der Waals surface area contributed by atoms with Crippen molar-refractivity contribution >= 4 is 40.2 Å². The third kappa shape index (κ3) is 4.94. The second-order valence-corrected chi connectivity index (χ2v) is 10.3. The molecule has 3 heterocycles. The molecular weight excluding hydrogens is 490 g/mol. The molecule has 0 bridgehead atoms. The summed E-state index contributed by atoms with van der Waals surface area (Å²) in [6.45, 7) is 5.64. The molecule has 9 heteroatoms. The van der Waals surface area contributed by atoms with Gasteiger partial charge in [-0.3, -0.25) is 14.8 Å². The molecule has 1 aliphatic heterocycles. The van der Waals surface area contributed by atoms with Gasteiger partial charge in [0.05, 0.1) is 28.5 Å². The molecule has 8 nitrogen and oxygen atoms in total. The largest absolute Gasteiger partial charge is 0.449 e. The zero-order valence-corrected chi connectivity index (χ0v) is 22.0. The van der Waals surface area contributed by atoms with Crippen LogP contribution in [0.1, 0.15) is 59.9 Å². The monoisotopic (exact) mass is 521 g/mol. The summed E-state index contributed by atoms with van der Waals surface area (Å²) in [5.41, 5.74) is 11.1.